The molecule has 1 fully saturated rings. The van der Waals surface area contributed by atoms with Crippen molar-refractivity contribution >= 4 is 0 Å². The molecule has 0 N–H and O–H groups in total. The Kier molecular flexibility index (Phi) is 2.61. The number of fused-ring (bicyclic) bond motifs is 2. The predicted octanol–water partition coefficient (Wildman–Crippen LogP) is 3.16. The number of hydrogen-bond donors (Lipinski definition) is 0. The SMILES string of the molecule is C#CC(C#C)=C1C2=CC=CC=C1CCC2. The molecular formula is C15H12. The van der Waals surface area contributed by atoms with Gasteiger partial charge in [-0.15, -0.1) is 12.8 Å². The molecule has 2 aliphatic carbocycles. The van der Waals surface area contributed by atoms with Crippen LogP contribution in [-0.4, -0.2) is 0 Å². The van der Waals surface area contributed by atoms with E-state index in [1.54, 1.807) is 0 Å². The Balaban J connectivity index is 2.64. The standard InChI is InChI=1S/C15H12/c1-3-12(4-2)15-13-8-5-6-9-14(15)11-7-10-13/h1-2,5-6,8-9H,7,10-11H2. The molecule has 0 atom stereocenters. The van der Waals surface area contributed by atoms with Crippen LogP contribution in [0.25, 0.3) is 0 Å². The summed E-state index contributed by atoms with van der Waals surface area (Å²) in [6.07, 6.45) is 22.6. The van der Waals surface area contributed by atoms with Gasteiger partial charge in [-0.05, 0) is 30.4 Å². The Hall–Kier alpha value is -1.92. The van der Waals surface area contributed by atoms with Crippen molar-refractivity contribution < 1.29 is 0 Å². The van der Waals surface area contributed by atoms with Gasteiger partial charge < -0.3 is 0 Å². The number of allylic oxidation sites excluding steroid dienone is 8. The van der Waals surface area contributed by atoms with E-state index in [0.717, 1.165) is 18.4 Å². The van der Waals surface area contributed by atoms with Crippen LogP contribution in [-0.2, 0) is 0 Å². The quantitative estimate of drug-likeness (QED) is 0.517. The molecule has 0 unspecified atom stereocenters. The second kappa shape index (κ2) is 4.07. The molecule has 2 aliphatic rings. The van der Waals surface area contributed by atoms with E-state index in [1.165, 1.54) is 17.6 Å². The van der Waals surface area contributed by atoms with E-state index in [4.69, 9.17) is 12.8 Å². The van der Waals surface area contributed by atoms with Gasteiger partial charge in [0, 0.05) is 5.57 Å². The molecule has 0 spiro atoms. The van der Waals surface area contributed by atoms with Gasteiger partial charge in [0.25, 0.3) is 0 Å². The van der Waals surface area contributed by atoms with Crippen LogP contribution < -0.4 is 0 Å². The first-order chi connectivity index (χ1) is 7.36. The zero-order valence-electron chi connectivity index (χ0n) is 8.59. The monoisotopic (exact) mass is 192 g/mol. The summed E-state index contributed by atoms with van der Waals surface area (Å²) < 4.78 is 0. The smallest absolute Gasteiger partial charge is 0.0816 e. The largest absolute Gasteiger partial charge is 0.114 e. The van der Waals surface area contributed by atoms with Gasteiger partial charge in [0.15, 0.2) is 0 Å². The van der Waals surface area contributed by atoms with Gasteiger partial charge in [-0.2, -0.15) is 0 Å². The molecular weight excluding hydrogens is 180 g/mol. The molecule has 0 aromatic rings. The van der Waals surface area contributed by atoms with Gasteiger partial charge in [-0.1, -0.05) is 36.1 Å². The van der Waals surface area contributed by atoms with E-state index < -0.39 is 0 Å². The summed E-state index contributed by atoms with van der Waals surface area (Å²) in [5.41, 5.74) is 4.38. The van der Waals surface area contributed by atoms with Crippen LogP contribution in [0.2, 0.25) is 0 Å². The third kappa shape index (κ3) is 1.67. The van der Waals surface area contributed by atoms with Crippen molar-refractivity contribution in [3.63, 3.8) is 0 Å². The lowest BCUT2D eigenvalue weighted by atomic mass is 9.83. The minimum Gasteiger partial charge on any atom is -0.114 e. The van der Waals surface area contributed by atoms with Crippen molar-refractivity contribution in [2.24, 2.45) is 0 Å². The van der Waals surface area contributed by atoms with Gasteiger partial charge in [-0.25, -0.2) is 0 Å². The first-order valence-corrected chi connectivity index (χ1v) is 5.11. The Morgan fingerprint density at radius 1 is 1.00 bits per heavy atom. The van der Waals surface area contributed by atoms with Crippen molar-refractivity contribution in [3.8, 4) is 24.7 Å². The van der Waals surface area contributed by atoms with Crippen LogP contribution in [0.4, 0.5) is 0 Å². The minimum atomic E-state index is 0.691. The first-order valence-electron chi connectivity index (χ1n) is 5.11. The number of terminal acetylenes is 2. The average Bonchev–Trinajstić information content (AvgIpc) is 2.39. The molecule has 15 heavy (non-hydrogen) atoms. The van der Waals surface area contributed by atoms with Crippen molar-refractivity contribution in [1.29, 1.82) is 0 Å². The second-order valence-corrected chi connectivity index (χ2v) is 3.66. The molecule has 0 nitrogen and oxygen atoms in total. The minimum absolute atomic E-state index is 0.691. The highest BCUT2D eigenvalue weighted by atomic mass is 14.2. The van der Waals surface area contributed by atoms with Crippen LogP contribution in [0.1, 0.15) is 19.3 Å². The van der Waals surface area contributed by atoms with Gasteiger partial charge in [0.1, 0.15) is 0 Å². The molecule has 0 heteroatoms. The Morgan fingerprint density at radius 2 is 1.53 bits per heavy atom. The van der Waals surface area contributed by atoms with Crippen LogP contribution in [0, 0.1) is 24.7 Å². The molecule has 0 amide bonds. The van der Waals surface area contributed by atoms with Crippen molar-refractivity contribution in [3.05, 3.63) is 46.6 Å². The van der Waals surface area contributed by atoms with Crippen LogP contribution >= 0.6 is 0 Å². The van der Waals surface area contributed by atoms with Crippen molar-refractivity contribution in [2.45, 2.75) is 19.3 Å². The van der Waals surface area contributed by atoms with Gasteiger partial charge in [0.2, 0.25) is 0 Å². The highest BCUT2D eigenvalue weighted by molar-refractivity contribution is 5.63. The molecule has 0 heterocycles. The maximum atomic E-state index is 5.44. The molecule has 2 rings (SSSR count). The lowest BCUT2D eigenvalue weighted by Crippen LogP contribution is -2.04. The summed E-state index contributed by atoms with van der Waals surface area (Å²) in [6.45, 7) is 0. The van der Waals surface area contributed by atoms with E-state index in [0.29, 0.717) is 5.57 Å². The maximum Gasteiger partial charge on any atom is 0.0816 e. The second-order valence-electron chi connectivity index (χ2n) is 3.66. The molecule has 0 radical (unpaired) electrons. The predicted molar refractivity (Wildman–Crippen MR) is 63.8 cm³/mol. The van der Waals surface area contributed by atoms with Gasteiger partial charge in [0.05, 0.1) is 5.57 Å². The summed E-state index contributed by atoms with van der Waals surface area (Å²) >= 11 is 0. The van der Waals surface area contributed by atoms with E-state index in [1.807, 2.05) is 0 Å². The summed E-state index contributed by atoms with van der Waals surface area (Å²) in [6, 6.07) is 0. The fourth-order valence-corrected chi connectivity index (χ4v) is 2.11. The van der Waals surface area contributed by atoms with Crippen LogP contribution in [0.5, 0.6) is 0 Å². The highest BCUT2D eigenvalue weighted by Crippen LogP contribution is 2.36. The third-order valence-corrected chi connectivity index (χ3v) is 2.78. The fourth-order valence-electron chi connectivity index (χ4n) is 2.11. The molecule has 0 aromatic carbocycles. The molecule has 0 saturated heterocycles. The Morgan fingerprint density at radius 3 is 2.00 bits per heavy atom. The van der Waals surface area contributed by atoms with Crippen molar-refractivity contribution in [2.75, 3.05) is 0 Å². The fraction of sp³-hybridized carbons (Fsp3) is 0.200. The molecule has 72 valence electrons. The van der Waals surface area contributed by atoms with E-state index in [9.17, 15) is 0 Å². The summed E-state index contributed by atoms with van der Waals surface area (Å²) in [4.78, 5) is 0. The molecule has 0 aliphatic heterocycles. The van der Waals surface area contributed by atoms with E-state index in [-0.39, 0.29) is 0 Å². The van der Waals surface area contributed by atoms with Crippen LogP contribution in [0.3, 0.4) is 0 Å². The summed E-state index contributed by atoms with van der Waals surface area (Å²) in [5, 5.41) is 0. The zero-order valence-corrected chi connectivity index (χ0v) is 8.59. The zero-order chi connectivity index (χ0) is 10.7. The van der Waals surface area contributed by atoms with E-state index >= 15 is 0 Å². The van der Waals surface area contributed by atoms with Gasteiger partial charge in [-0.3, -0.25) is 0 Å². The average molecular weight is 192 g/mol. The van der Waals surface area contributed by atoms with E-state index in [2.05, 4.69) is 36.1 Å². The molecule has 0 aromatic heterocycles. The maximum absolute atomic E-state index is 5.44. The Bertz CT molecular complexity index is 437. The Labute approximate surface area is 91.1 Å². The summed E-state index contributed by atoms with van der Waals surface area (Å²) in [7, 11) is 0. The van der Waals surface area contributed by atoms with Crippen LogP contribution in [0.15, 0.2) is 46.6 Å². The van der Waals surface area contributed by atoms with Crippen molar-refractivity contribution in [1.82, 2.24) is 0 Å². The molecule has 1 saturated carbocycles. The lowest BCUT2D eigenvalue weighted by Gasteiger charge is -2.21. The first kappa shape index (κ1) is 9.63. The highest BCUT2D eigenvalue weighted by Gasteiger charge is 2.19. The number of hydrogen-bond acceptors (Lipinski definition) is 0. The van der Waals surface area contributed by atoms with Gasteiger partial charge >= 0.3 is 0 Å². The summed E-state index contributed by atoms with van der Waals surface area (Å²) in [5.74, 6) is 5.22. The topological polar surface area (TPSA) is 0 Å². The lowest BCUT2D eigenvalue weighted by molar-refractivity contribution is 0.773. The normalized spacial score (nSPS) is 18.1. The third-order valence-electron chi connectivity index (χ3n) is 2.78. The molecule has 2 bridgehead atoms. The number of rotatable bonds is 0.